The molecular formula is C17H22F3IN4O. The summed E-state index contributed by atoms with van der Waals surface area (Å²) in [7, 11) is 1.67. The smallest absolute Gasteiger partial charge is 0.355 e. The summed E-state index contributed by atoms with van der Waals surface area (Å²) in [6.45, 7) is 0.773. The molecule has 0 saturated carbocycles. The second-order valence-corrected chi connectivity index (χ2v) is 5.61. The van der Waals surface area contributed by atoms with Crippen LogP contribution in [0.25, 0.3) is 0 Å². The van der Waals surface area contributed by atoms with Crippen molar-refractivity contribution in [3.63, 3.8) is 0 Å². The summed E-state index contributed by atoms with van der Waals surface area (Å²) in [5.41, 5.74) is -0.588. The van der Waals surface area contributed by atoms with Gasteiger partial charge in [0.1, 0.15) is 0 Å². The van der Waals surface area contributed by atoms with E-state index in [4.69, 9.17) is 0 Å². The summed E-state index contributed by atoms with van der Waals surface area (Å²) < 4.78 is 37.5. The van der Waals surface area contributed by atoms with Gasteiger partial charge in [0, 0.05) is 31.7 Å². The zero-order chi connectivity index (χ0) is 18.3. The van der Waals surface area contributed by atoms with Crippen LogP contribution in [0, 0.1) is 0 Å². The van der Waals surface area contributed by atoms with E-state index in [1.54, 1.807) is 7.05 Å². The number of guanidine groups is 1. The number of alkyl halides is 3. The average Bonchev–Trinajstić information content (AvgIpc) is 3.09. The third kappa shape index (κ3) is 6.85. The summed E-state index contributed by atoms with van der Waals surface area (Å²) in [5.74, 6) is 0.232. The topological polar surface area (TPSA) is 65.5 Å². The molecule has 0 radical (unpaired) electrons. The molecule has 9 heteroatoms. The van der Waals surface area contributed by atoms with Gasteiger partial charge in [0.25, 0.3) is 5.91 Å². The Hall–Kier alpha value is -1.78. The molecule has 0 heterocycles. The van der Waals surface area contributed by atoms with Crippen molar-refractivity contribution in [1.82, 2.24) is 16.0 Å². The third-order valence-electron chi connectivity index (χ3n) is 3.75. The van der Waals surface area contributed by atoms with Crippen molar-refractivity contribution in [2.75, 3.05) is 20.1 Å². The van der Waals surface area contributed by atoms with Gasteiger partial charge in [-0.2, -0.15) is 13.2 Å². The van der Waals surface area contributed by atoms with Crippen LogP contribution in [0.5, 0.6) is 0 Å². The van der Waals surface area contributed by atoms with Gasteiger partial charge >= 0.3 is 6.18 Å². The van der Waals surface area contributed by atoms with Crippen LogP contribution in [-0.4, -0.2) is 38.0 Å². The van der Waals surface area contributed by atoms with Gasteiger partial charge in [-0.1, -0.05) is 12.2 Å². The lowest BCUT2D eigenvalue weighted by Gasteiger charge is -2.17. The van der Waals surface area contributed by atoms with Gasteiger partial charge < -0.3 is 16.0 Å². The Morgan fingerprint density at radius 1 is 1.12 bits per heavy atom. The van der Waals surface area contributed by atoms with E-state index < -0.39 is 17.6 Å². The number of halogens is 4. The van der Waals surface area contributed by atoms with Crippen LogP contribution in [0.4, 0.5) is 13.2 Å². The van der Waals surface area contributed by atoms with E-state index in [1.165, 1.54) is 12.1 Å². The van der Waals surface area contributed by atoms with Crippen molar-refractivity contribution in [2.24, 2.45) is 4.99 Å². The monoisotopic (exact) mass is 482 g/mol. The first-order valence-corrected chi connectivity index (χ1v) is 7.98. The van der Waals surface area contributed by atoms with Gasteiger partial charge in [-0.15, -0.1) is 24.0 Å². The van der Waals surface area contributed by atoms with E-state index >= 15 is 0 Å². The molecule has 1 aliphatic carbocycles. The molecule has 0 fully saturated rings. The molecule has 1 amide bonds. The maximum Gasteiger partial charge on any atom is 0.416 e. The second-order valence-electron chi connectivity index (χ2n) is 5.61. The number of carbonyl (C=O) groups is 1. The minimum absolute atomic E-state index is 0. The van der Waals surface area contributed by atoms with Crippen LogP contribution in [0.3, 0.4) is 0 Å². The van der Waals surface area contributed by atoms with Crippen molar-refractivity contribution in [1.29, 1.82) is 0 Å². The average molecular weight is 482 g/mol. The Morgan fingerprint density at radius 3 is 2.23 bits per heavy atom. The fourth-order valence-electron chi connectivity index (χ4n) is 2.39. The van der Waals surface area contributed by atoms with Crippen LogP contribution in [0.1, 0.15) is 28.8 Å². The molecule has 0 aliphatic heterocycles. The highest BCUT2D eigenvalue weighted by Gasteiger charge is 2.30. The van der Waals surface area contributed by atoms with Crippen molar-refractivity contribution >= 4 is 35.8 Å². The van der Waals surface area contributed by atoms with Gasteiger partial charge in [-0.05, 0) is 37.1 Å². The standard InChI is InChI=1S/C17H21F3N4O.HI/c1-21-16(24-14-4-2-3-5-14)23-11-10-22-15(25)12-6-8-13(9-7-12)17(18,19)20;/h2-3,6-9,14H,4-5,10-11H2,1H3,(H,22,25)(H2,21,23,24);1H. The van der Waals surface area contributed by atoms with E-state index in [2.05, 4.69) is 33.1 Å². The van der Waals surface area contributed by atoms with E-state index in [0.717, 1.165) is 25.0 Å². The normalized spacial score (nSPS) is 14.7. The molecule has 0 atom stereocenters. The van der Waals surface area contributed by atoms with E-state index in [-0.39, 0.29) is 29.5 Å². The Balaban J connectivity index is 0.00000338. The third-order valence-corrected chi connectivity index (χ3v) is 3.75. The van der Waals surface area contributed by atoms with Gasteiger partial charge in [-0.3, -0.25) is 9.79 Å². The molecule has 0 spiro atoms. The zero-order valence-corrected chi connectivity index (χ0v) is 16.6. The van der Waals surface area contributed by atoms with Gasteiger partial charge in [0.05, 0.1) is 5.56 Å². The van der Waals surface area contributed by atoms with Crippen LogP contribution < -0.4 is 16.0 Å². The number of amides is 1. The molecule has 2 rings (SSSR count). The van der Waals surface area contributed by atoms with Gasteiger partial charge in [0.2, 0.25) is 0 Å². The van der Waals surface area contributed by atoms with Gasteiger partial charge in [-0.25, -0.2) is 0 Å². The SMILES string of the molecule is CN=C(NCCNC(=O)c1ccc(C(F)(F)F)cc1)NC1CC=CC1.I. The van der Waals surface area contributed by atoms with Crippen molar-refractivity contribution < 1.29 is 18.0 Å². The van der Waals surface area contributed by atoms with Crippen LogP contribution in [0.15, 0.2) is 41.4 Å². The summed E-state index contributed by atoms with van der Waals surface area (Å²) in [4.78, 5) is 16.0. The number of aliphatic imine (C=N–C) groups is 1. The molecule has 1 aromatic carbocycles. The quantitative estimate of drug-likeness (QED) is 0.199. The summed E-state index contributed by atoms with van der Waals surface area (Å²) in [6, 6.07) is 4.45. The second kappa shape index (κ2) is 10.4. The van der Waals surface area contributed by atoms with E-state index in [9.17, 15) is 18.0 Å². The molecular weight excluding hydrogens is 460 g/mol. The minimum atomic E-state index is -4.41. The first-order chi connectivity index (χ1) is 11.9. The number of rotatable bonds is 5. The van der Waals surface area contributed by atoms with Crippen LogP contribution >= 0.6 is 24.0 Å². The van der Waals surface area contributed by atoms with Crippen LogP contribution in [-0.2, 0) is 6.18 Å². The highest BCUT2D eigenvalue weighted by molar-refractivity contribution is 14.0. The first kappa shape index (κ1) is 22.3. The number of nitrogens with zero attached hydrogens (tertiary/aromatic N) is 1. The predicted octanol–water partition coefficient (Wildman–Crippen LogP) is 2.94. The number of benzene rings is 1. The molecule has 1 aromatic rings. The fourth-order valence-corrected chi connectivity index (χ4v) is 2.39. The maximum atomic E-state index is 12.5. The van der Waals surface area contributed by atoms with Crippen molar-refractivity contribution in [3.8, 4) is 0 Å². The largest absolute Gasteiger partial charge is 0.416 e. The Labute approximate surface area is 167 Å². The molecule has 0 saturated heterocycles. The molecule has 3 N–H and O–H groups in total. The number of hydrogen-bond donors (Lipinski definition) is 3. The zero-order valence-electron chi connectivity index (χ0n) is 14.3. The molecule has 0 unspecified atom stereocenters. The first-order valence-electron chi connectivity index (χ1n) is 7.98. The fraction of sp³-hybridized carbons (Fsp3) is 0.412. The predicted molar refractivity (Wildman–Crippen MR) is 106 cm³/mol. The highest BCUT2D eigenvalue weighted by atomic mass is 127. The lowest BCUT2D eigenvalue weighted by molar-refractivity contribution is -0.137. The number of nitrogens with one attached hydrogen (secondary N) is 3. The Morgan fingerprint density at radius 2 is 1.69 bits per heavy atom. The van der Waals surface area contributed by atoms with Gasteiger partial charge in [0.15, 0.2) is 5.96 Å². The van der Waals surface area contributed by atoms with Crippen molar-refractivity contribution in [2.45, 2.75) is 25.1 Å². The van der Waals surface area contributed by atoms with Crippen molar-refractivity contribution in [3.05, 3.63) is 47.5 Å². The highest BCUT2D eigenvalue weighted by Crippen LogP contribution is 2.29. The number of carbonyl (C=O) groups excluding carboxylic acids is 1. The minimum Gasteiger partial charge on any atom is -0.355 e. The molecule has 5 nitrogen and oxygen atoms in total. The van der Waals surface area contributed by atoms with E-state index in [1.807, 2.05) is 0 Å². The molecule has 1 aliphatic rings. The van der Waals surface area contributed by atoms with Crippen LogP contribution in [0.2, 0.25) is 0 Å². The summed E-state index contributed by atoms with van der Waals surface area (Å²) >= 11 is 0. The molecule has 26 heavy (non-hydrogen) atoms. The maximum absolute atomic E-state index is 12.5. The Kier molecular flexibility index (Phi) is 8.89. The summed E-state index contributed by atoms with van der Waals surface area (Å²) in [5, 5.41) is 9.00. The lowest BCUT2D eigenvalue weighted by atomic mass is 10.1. The molecule has 144 valence electrons. The number of hydrogen-bond acceptors (Lipinski definition) is 2. The van der Waals surface area contributed by atoms with E-state index in [0.29, 0.717) is 25.1 Å². The summed E-state index contributed by atoms with van der Waals surface area (Å²) in [6.07, 6.45) is 1.71. The molecule has 0 bridgehead atoms. The molecule has 0 aromatic heterocycles. The lowest BCUT2D eigenvalue weighted by Crippen LogP contribution is -2.45. The Bertz CT molecular complexity index is 636.